The molecule has 0 aromatic heterocycles. The maximum atomic E-state index is 5.24. The molecule has 0 unspecified atom stereocenters. The molecule has 0 heterocycles. The third-order valence-corrected chi connectivity index (χ3v) is 0.570. The van der Waals surface area contributed by atoms with Crippen molar-refractivity contribution in [3.05, 3.63) is 12.2 Å². The van der Waals surface area contributed by atoms with Crippen molar-refractivity contribution in [2.24, 2.45) is 5.73 Å². The molecule has 36 valence electrons. The second-order valence-electron chi connectivity index (χ2n) is 0.861. The van der Waals surface area contributed by atoms with Crippen LogP contribution in [-0.4, -0.2) is 12.4 Å². The van der Waals surface area contributed by atoms with Crippen LogP contribution >= 0.6 is 11.6 Å². The Labute approximate surface area is 42.8 Å². The van der Waals surface area contributed by atoms with Crippen LogP contribution in [0.2, 0.25) is 0 Å². The normalized spacial score (nSPS) is 10.3. The minimum absolute atomic E-state index is 0.567. The van der Waals surface area contributed by atoms with Gasteiger partial charge in [0.2, 0.25) is 0 Å². The Morgan fingerprint density at radius 2 is 2.17 bits per heavy atom. The summed E-state index contributed by atoms with van der Waals surface area (Å²) >= 11 is 5.24. The SMILES string of the molecule is NCC=CCCl. The van der Waals surface area contributed by atoms with E-state index in [1.165, 1.54) is 0 Å². The number of rotatable bonds is 2. The van der Waals surface area contributed by atoms with Crippen molar-refractivity contribution < 1.29 is 0 Å². The van der Waals surface area contributed by atoms with E-state index in [0.717, 1.165) is 0 Å². The summed E-state index contributed by atoms with van der Waals surface area (Å²) in [6.07, 6.45) is 3.65. The van der Waals surface area contributed by atoms with Gasteiger partial charge in [0.05, 0.1) is 0 Å². The second kappa shape index (κ2) is 4.99. The van der Waals surface area contributed by atoms with Gasteiger partial charge < -0.3 is 5.73 Å². The standard InChI is InChI=1S/C4H8ClN/c5-3-1-2-4-6/h1-2H,3-4,6H2. The highest BCUT2D eigenvalue weighted by Gasteiger charge is 1.61. The van der Waals surface area contributed by atoms with Gasteiger partial charge in [0, 0.05) is 12.4 Å². The molecule has 2 N–H and O–H groups in total. The van der Waals surface area contributed by atoms with E-state index < -0.39 is 0 Å². The van der Waals surface area contributed by atoms with Crippen molar-refractivity contribution in [1.29, 1.82) is 0 Å². The first-order chi connectivity index (χ1) is 2.91. The topological polar surface area (TPSA) is 26.0 Å². The fraction of sp³-hybridized carbons (Fsp3) is 0.500. The molecule has 0 aromatic rings. The lowest BCUT2D eigenvalue weighted by atomic mass is 10.5. The van der Waals surface area contributed by atoms with Gasteiger partial charge in [-0.1, -0.05) is 12.2 Å². The summed E-state index contributed by atoms with van der Waals surface area (Å²) in [6, 6.07) is 0. The van der Waals surface area contributed by atoms with Gasteiger partial charge in [0.25, 0.3) is 0 Å². The van der Waals surface area contributed by atoms with E-state index >= 15 is 0 Å². The lowest BCUT2D eigenvalue weighted by Gasteiger charge is -1.72. The second-order valence-corrected chi connectivity index (χ2v) is 1.17. The molecule has 0 aliphatic rings. The molecular formula is C4H8ClN. The summed E-state index contributed by atoms with van der Waals surface area (Å²) in [6.45, 7) is 0.590. The fourth-order valence-electron chi connectivity index (χ4n) is 0.159. The van der Waals surface area contributed by atoms with E-state index in [1.807, 2.05) is 12.2 Å². The highest BCUT2D eigenvalue weighted by molar-refractivity contribution is 6.18. The number of halogens is 1. The minimum Gasteiger partial charge on any atom is -0.327 e. The predicted molar refractivity (Wildman–Crippen MR) is 28.9 cm³/mol. The Kier molecular flexibility index (Phi) is 4.98. The third kappa shape index (κ3) is 3.99. The molecule has 0 fully saturated rings. The van der Waals surface area contributed by atoms with E-state index in [4.69, 9.17) is 17.3 Å². The van der Waals surface area contributed by atoms with Crippen LogP contribution < -0.4 is 5.73 Å². The highest BCUT2D eigenvalue weighted by atomic mass is 35.5. The van der Waals surface area contributed by atoms with Gasteiger partial charge in [-0.15, -0.1) is 11.6 Å². The average Bonchev–Trinajstić information content (AvgIpc) is 1.61. The van der Waals surface area contributed by atoms with Crippen LogP contribution in [0.5, 0.6) is 0 Å². The molecule has 2 heteroatoms. The van der Waals surface area contributed by atoms with Gasteiger partial charge in [-0.3, -0.25) is 0 Å². The van der Waals surface area contributed by atoms with E-state index in [2.05, 4.69) is 0 Å². The molecule has 1 nitrogen and oxygen atoms in total. The third-order valence-electron chi connectivity index (χ3n) is 0.392. The number of alkyl halides is 1. The van der Waals surface area contributed by atoms with Crippen LogP contribution in [0.15, 0.2) is 12.2 Å². The molecule has 0 aliphatic heterocycles. The summed E-state index contributed by atoms with van der Waals surface area (Å²) < 4.78 is 0. The fourth-order valence-corrected chi connectivity index (χ4v) is 0.285. The lowest BCUT2D eigenvalue weighted by Crippen LogP contribution is -1.91. The van der Waals surface area contributed by atoms with Crippen molar-refractivity contribution in [2.75, 3.05) is 12.4 Å². The number of allylic oxidation sites excluding steroid dienone is 1. The average molecular weight is 106 g/mol. The van der Waals surface area contributed by atoms with Gasteiger partial charge in [-0.25, -0.2) is 0 Å². The summed E-state index contributed by atoms with van der Waals surface area (Å²) in [4.78, 5) is 0. The van der Waals surface area contributed by atoms with E-state index in [-0.39, 0.29) is 0 Å². The van der Waals surface area contributed by atoms with Gasteiger partial charge >= 0.3 is 0 Å². The Bertz CT molecular complexity index is 36.8. The van der Waals surface area contributed by atoms with Gasteiger partial charge in [-0.2, -0.15) is 0 Å². The molecule has 0 radical (unpaired) electrons. The predicted octanol–water partition coefficient (Wildman–Crippen LogP) is 0.740. The molecule has 0 saturated heterocycles. The summed E-state index contributed by atoms with van der Waals surface area (Å²) in [5.74, 6) is 0.567. The maximum Gasteiger partial charge on any atom is 0.0404 e. The van der Waals surface area contributed by atoms with Crippen molar-refractivity contribution in [2.45, 2.75) is 0 Å². The summed E-state index contributed by atoms with van der Waals surface area (Å²) in [7, 11) is 0. The maximum absolute atomic E-state index is 5.24. The molecule has 6 heavy (non-hydrogen) atoms. The van der Waals surface area contributed by atoms with Crippen LogP contribution in [0, 0.1) is 0 Å². The lowest BCUT2D eigenvalue weighted by molar-refractivity contribution is 1.25. The Morgan fingerprint density at radius 1 is 1.50 bits per heavy atom. The first-order valence-corrected chi connectivity index (χ1v) is 2.36. The number of hydrogen-bond donors (Lipinski definition) is 1. The Balaban J connectivity index is 2.73. The van der Waals surface area contributed by atoms with Gasteiger partial charge in [0.15, 0.2) is 0 Å². The summed E-state index contributed by atoms with van der Waals surface area (Å²) in [5, 5.41) is 0. The van der Waals surface area contributed by atoms with Gasteiger partial charge in [-0.05, 0) is 0 Å². The first-order valence-electron chi connectivity index (χ1n) is 1.83. The molecule has 0 amide bonds. The van der Waals surface area contributed by atoms with Crippen LogP contribution in [0.1, 0.15) is 0 Å². The van der Waals surface area contributed by atoms with Crippen LogP contribution in [0.25, 0.3) is 0 Å². The molecule has 0 aromatic carbocycles. The quantitative estimate of drug-likeness (QED) is 0.407. The van der Waals surface area contributed by atoms with Gasteiger partial charge in [0.1, 0.15) is 0 Å². The molecule has 0 saturated carbocycles. The van der Waals surface area contributed by atoms with E-state index in [0.29, 0.717) is 12.4 Å². The van der Waals surface area contributed by atoms with Crippen molar-refractivity contribution >= 4 is 11.6 Å². The van der Waals surface area contributed by atoms with Crippen LogP contribution in [-0.2, 0) is 0 Å². The zero-order valence-corrected chi connectivity index (χ0v) is 4.28. The molecule has 0 aliphatic carbocycles. The molecule has 0 spiro atoms. The first kappa shape index (κ1) is 5.99. The van der Waals surface area contributed by atoms with Crippen molar-refractivity contribution in [1.82, 2.24) is 0 Å². The van der Waals surface area contributed by atoms with Crippen molar-refractivity contribution in [3.8, 4) is 0 Å². The number of nitrogens with two attached hydrogens (primary N) is 1. The summed E-state index contributed by atoms with van der Waals surface area (Å²) in [5.41, 5.74) is 5.07. The largest absolute Gasteiger partial charge is 0.327 e. The number of hydrogen-bond acceptors (Lipinski definition) is 1. The van der Waals surface area contributed by atoms with E-state index in [9.17, 15) is 0 Å². The molecular weight excluding hydrogens is 97.5 g/mol. The smallest absolute Gasteiger partial charge is 0.0404 e. The zero-order chi connectivity index (χ0) is 4.83. The molecule has 0 bridgehead atoms. The Morgan fingerprint density at radius 3 is 2.33 bits per heavy atom. The zero-order valence-electron chi connectivity index (χ0n) is 3.52. The van der Waals surface area contributed by atoms with Crippen LogP contribution in [0.4, 0.5) is 0 Å². The van der Waals surface area contributed by atoms with E-state index in [1.54, 1.807) is 0 Å². The monoisotopic (exact) mass is 105 g/mol. The van der Waals surface area contributed by atoms with Crippen LogP contribution in [0.3, 0.4) is 0 Å². The molecule has 0 rings (SSSR count). The molecule has 0 atom stereocenters. The Hall–Kier alpha value is -0.0100. The highest BCUT2D eigenvalue weighted by Crippen LogP contribution is 1.73. The minimum atomic E-state index is 0.567. The van der Waals surface area contributed by atoms with Crippen molar-refractivity contribution in [3.63, 3.8) is 0 Å².